The van der Waals surface area contributed by atoms with Gasteiger partial charge in [0.05, 0.1) is 23.8 Å². The number of hydrogen-bond acceptors (Lipinski definition) is 6. The van der Waals surface area contributed by atoms with Crippen LogP contribution in [0.5, 0.6) is 5.75 Å². The quantitative estimate of drug-likeness (QED) is 0.768. The molecule has 0 aromatic heterocycles. The summed E-state index contributed by atoms with van der Waals surface area (Å²) in [4.78, 5) is 26.3. The van der Waals surface area contributed by atoms with Gasteiger partial charge in [0.25, 0.3) is 11.8 Å². The largest absolute Gasteiger partial charge is 0.479 e. The summed E-state index contributed by atoms with van der Waals surface area (Å²) in [5.74, 6) is -0.0284. The van der Waals surface area contributed by atoms with Crippen LogP contribution in [0.4, 0.5) is 11.4 Å². The number of carbonyl (C=O) groups excluding carboxylic acids is 2. The molecular formula is C21H23N3O6S. The number of carbonyl (C=O) groups is 2. The van der Waals surface area contributed by atoms with Crippen molar-refractivity contribution in [3.63, 3.8) is 0 Å². The molecule has 1 fully saturated rings. The smallest absolute Gasteiger partial charge is 0.267 e. The van der Waals surface area contributed by atoms with E-state index in [1.54, 1.807) is 32.2 Å². The van der Waals surface area contributed by atoms with E-state index < -0.39 is 16.1 Å². The maximum Gasteiger partial charge on any atom is 0.267 e. The highest BCUT2D eigenvalue weighted by atomic mass is 32.2. The lowest BCUT2D eigenvalue weighted by Crippen LogP contribution is -2.41. The lowest BCUT2D eigenvalue weighted by Gasteiger charge is -2.30. The number of fused-ring (bicyclic) bond motifs is 1. The Morgan fingerprint density at radius 2 is 1.77 bits per heavy atom. The van der Waals surface area contributed by atoms with Crippen molar-refractivity contribution < 1.29 is 27.5 Å². The molecule has 2 heterocycles. The first-order chi connectivity index (χ1) is 14.8. The first-order valence-corrected chi connectivity index (χ1v) is 11.3. The van der Waals surface area contributed by atoms with Gasteiger partial charge in [-0.05, 0) is 43.3 Å². The minimum atomic E-state index is -3.62. The van der Waals surface area contributed by atoms with Gasteiger partial charge in [-0.15, -0.1) is 0 Å². The Hall–Kier alpha value is -2.95. The van der Waals surface area contributed by atoms with Crippen molar-refractivity contribution in [3.05, 3.63) is 48.0 Å². The minimum Gasteiger partial charge on any atom is -0.479 e. The van der Waals surface area contributed by atoms with E-state index in [4.69, 9.17) is 9.47 Å². The van der Waals surface area contributed by atoms with Crippen molar-refractivity contribution in [1.82, 2.24) is 4.31 Å². The number of amides is 2. The first kappa shape index (κ1) is 21.3. The highest BCUT2D eigenvalue weighted by Crippen LogP contribution is 2.35. The molecule has 2 aliphatic heterocycles. The third-order valence-electron chi connectivity index (χ3n) is 5.29. The second-order valence-electron chi connectivity index (χ2n) is 7.33. The molecule has 0 radical (unpaired) electrons. The Morgan fingerprint density at radius 1 is 1.10 bits per heavy atom. The van der Waals surface area contributed by atoms with Gasteiger partial charge in [0, 0.05) is 37.5 Å². The second-order valence-corrected chi connectivity index (χ2v) is 9.27. The van der Waals surface area contributed by atoms with Crippen LogP contribution in [0.25, 0.3) is 0 Å². The Kier molecular flexibility index (Phi) is 5.69. The Balaban J connectivity index is 1.48. The van der Waals surface area contributed by atoms with Gasteiger partial charge in [0.2, 0.25) is 10.0 Å². The van der Waals surface area contributed by atoms with Crippen LogP contribution in [0, 0.1) is 0 Å². The van der Waals surface area contributed by atoms with Gasteiger partial charge in [-0.3, -0.25) is 9.59 Å². The molecule has 164 valence electrons. The number of hydrogen-bond donors (Lipinski definition) is 1. The monoisotopic (exact) mass is 445 g/mol. The molecule has 0 saturated carbocycles. The van der Waals surface area contributed by atoms with Gasteiger partial charge in [-0.2, -0.15) is 4.31 Å². The van der Waals surface area contributed by atoms with E-state index in [0.29, 0.717) is 49.0 Å². The van der Waals surface area contributed by atoms with Crippen LogP contribution in [0.2, 0.25) is 0 Å². The van der Waals surface area contributed by atoms with Crippen LogP contribution in [-0.2, 0) is 19.6 Å². The fourth-order valence-corrected chi connectivity index (χ4v) is 4.92. The molecular weight excluding hydrogens is 422 g/mol. The second kappa shape index (κ2) is 8.29. The van der Waals surface area contributed by atoms with E-state index >= 15 is 0 Å². The molecule has 0 spiro atoms. The number of nitrogens with one attached hydrogen (secondary N) is 1. The molecule has 10 heteroatoms. The molecule has 0 aliphatic carbocycles. The molecule has 2 aliphatic rings. The zero-order valence-electron chi connectivity index (χ0n) is 17.2. The fraction of sp³-hybridized carbons (Fsp3) is 0.333. The highest BCUT2D eigenvalue weighted by molar-refractivity contribution is 7.89. The number of benzene rings is 2. The van der Waals surface area contributed by atoms with Gasteiger partial charge >= 0.3 is 0 Å². The molecule has 1 unspecified atom stereocenters. The zero-order valence-corrected chi connectivity index (χ0v) is 18.0. The van der Waals surface area contributed by atoms with E-state index in [-0.39, 0.29) is 16.7 Å². The molecule has 31 heavy (non-hydrogen) atoms. The van der Waals surface area contributed by atoms with Crippen molar-refractivity contribution in [2.75, 3.05) is 43.6 Å². The summed E-state index contributed by atoms with van der Waals surface area (Å²) in [6.45, 7) is 3.02. The van der Waals surface area contributed by atoms with E-state index in [9.17, 15) is 18.0 Å². The van der Waals surface area contributed by atoms with E-state index in [2.05, 4.69) is 5.32 Å². The standard InChI is InChI=1S/C21H23N3O6S/c1-14-21(26)23(2)18-8-5-16(13-19(18)30-14)22-20(25)15-3-6-17(7-4-15)31(27,28)24-9-11-29-12-10-24/h3-8,13-14H,9-12H2,1-2H3,(H,22,25). The number of nitrogens with zero attached hydrogens (tertiary/aromatic N) is 2. The van der Waals surface area contributed by atoms with E-state index in [1.807, 2.05) is 0 Å². The number of anilines is 2. The predicted molar refractivity (Wildman–Crippen MR) is 114 cm³/mol. The lowest BCUT2D eigenvalue weighted by atomic mass is 10.1. The summed E-state index contributed by atoms with van der Waals surface area (Å²) in [5, 5.41) is 2.77. The van der Waals surface area contributed by atoms with Crippen molar-refractivity contribution in [3.8, 4) is 5.75 Å². The third-order valence-corrected chi connectivity index (χ3v) is 7.20. The molecule has 2 aromatic carbocycles. The Labute approximate surface area is 180 Å². The van der Waals surface area contributed by atoms with Crippen LogP contribution in [0.1, 0.15) is 17.3 Å². The summed E-state index contributed by atoms with van der Waals surface area (Å²) in [5.41, 5.74) is 1.45. The number of morpholine rings is 1. The topological polar surface area (TPSA) is 105 Å². The Bertz CT molecular complexity index is 1110. The van der Waals surface area contributed by atoms with Crippen LogP contribution in [-0.4, -0.2) is 64.0 Å². The summed E-state index contributed by atoms with van der Waals surface area (Å²) < 4.78 is 37.6. The maximum atomic E-state index is 12.7. The average molecular weight is 445 g/mol. The fourth-order valence-electron chi connectivity index (χ4n) is 3.51. The van der Waals surface area contributed by atoms with Crippen molar-refractivity contribution in [1.29, 1.82) is 0 Å². The highest BCUT2D eigenvalue weighted by Gasteiger charge is 2.29. The molecule has 1 N–H and O–H groups in total. The van der Waals surface area contributed by atoms with Crippen LogP contribution >= 0.6 is 0 Å². The molecule has 1 atom stereocenters. The van der Waals surface area contributed by atoms with Gasteiger partial charge in [0.1, 0.15) is 5.75 Å². The first-order valence-electron chi connectivity index (χ1n) is 9.85. The average Bonchev–Trinajstić information content (AvgIpc) is 2.78. The predicted octanol–water partition coefficient (Wildman–Crippen LogP) is 1.70. The van der Waals surface area contributed by atoms with Crippen LogP contribution < -0.4 is 15.0 Å². The molecule has 0 bridgehead atoms. The third kappa shape index (κ3) is 4.14. The normalized spacial score (nSPS) is 19.5. The van der Waals surface area contributed by atoms with Crippen LogP contribution in [0.3, 0.4) is 0 Å². The van der Waals surface area contributed by atoms with Gasteiger partial charge < -0.3 is 19.7 Å². The van der Waals surface area contributed by atoms with Crippen molar-refractivity contribution in [2.45, 2.75) is 17.9 Å². The van der Waals surface area contributed by atoms with Gasteiger partial charge in [0.15, 0.2) is 6.10 Å². The van der Waals surface area contributed by atoms with Crippen molar-refractivity contribution in [2.24, 2.45) is 0 Å². The number of ether oxygens (including phenoxy) is 2. The number of sulfonamides is 1. The number of rotatable bonds is 4. The van der Waals surface area contributed by atoms with E-state index in [0.717, 1.165) is 0 Å². The van der Waals surface area contributed by atoms with Gasteiger partial charge in [-0.25, -0.2) is 8.42 Å². The lowest BCUT2D eigenvalue weighted by molar-refractivity contribution is -0.125. The zero-order chi connectivity index (χ0) is 22.2. The van der Waals surface area contributed by atoms with Crippen LogP contribution in [0.15, 0.2) is 47.4 Å². The Morgan fingerprint density at radius 3 is 2.45 bits per heavy atom. The molecule has 1 saturated heterocycles. The summed E-state index contributed by atoms with van der Waals surface area (Å²) in [7, 11) is -1.94. The molecule has 2 aromatic rings. The van der Waals surface area contributed by atoms with Crippen molar-refractivity contribution >= 4 is 33.2 Å². The minimum absolute atomic E-state index is 0.134. The van der Waals surface area contributed by atoms with E-state index in [1.165, 1.54) is 33.5 Å². The summed E-state index contributed by atoms with van der Waals surface area (Å²) in [6.07, 6.45) is -0.607. The SMILES string of the molecule is CC1Oc2cc(NC(=O)c3ccc(S(=O)(=O)N4CCOCC4)cc3)ccc2N(C)C1=O. The number of likely N-dealkylation sites (N-methyl/N-ethyl adjacent to an activating group) is 1. The summed E-state index contributed by atoms with van der Waals surface area (Å²) >= 11 is 0. The molecule has 2 amide bonds. The van der Waals surface area contributed by atoms with Gasteiger partial charge in [-0.1, -0.05) is 0 Å². The molecule has 4 rings (SSSR count). The molecule has 9 nitrogen and oxygen atoms in total. The maximum absolute atomic E-state index is 12.7. The summed E-state index contributed by atoms with van der Waals surface area (Å²) in [6, 6.07) is 10.8.